The van der Waals surface area contributed by atoms with Crippen LogP contribution in [0.25, 0.3) is 0 Å². The van der Waals surface area contributed by atoms with Crippen LogP contribution in [0.2, 0.25) is 0 Å². The van der Waals surface area contributed by atoms with E-state index in [0.29, 0.717) is 19.4 Å². The summed E-state index contributed by atoms with van der Waals surface area (Å²) in [5.41, 5.74) is 3.50. The van der Waals surface area contributed by atoms with Crippen molar-refractivity contribution >= 4 is 5.91 Å². The van der Waals surface area contributed by atoms with Crippen LogP contribution >= 0.6 is 0 Å². The Balaban J connectivity index is 1.98. The molecule has 4 heteroatoms. The molecule has 0 spiro atoms. The first-order valence-electron chi connectivity index (χ1n) is 8.60. The van der Waals surface area contributed by atoms with Gasteiger partial charge in [-0.2, -0.15) is 0 Å². The van der Waals surface area contributed by atoms with E-state index in [1.807, 2.05) is 6.07 Å². The van der Waals surface area contributed by atoms with Crippen LogP contribution in [0.3, 0.4) is 0 Å². The van der Waals surface area contributed by atoms with E-state index in [9.17, 15) is 9.90 Å². The van der Waals surface area contributed by atoms with E-state index >= 15 is 0 Å². The van der Waals surface area contributed by atoms with Crippen LogP contribution in [-0.2, 0) is 11.2 Å². The smallest absolute Gasteiger partial charge is 0.261 e. The molecule has 1 atom stereocenters. The second-order valence-electron chi connectivity index (χ2n) is 6.75. The number of carbonyl (C=O) groups is 1. The second-order valence-corrected chi connectivity index (χ2v) is 6.75. The fourth-order valence-corrected chi connectivity index (χ4v) is 3.23. The van der Waals surface area contributed by atoms with Gasteiger partial charge in [-0.1, -0.05) is 19.9 Å². The van der Waals surface area contributed by atoms with Gasteiger partial charge in [0.25, 0.3) is 5.91 Å². The average molecular weight is 319 g/mol. The summed E-state index contributed by atoms with van der Waals surface area (Å²) in [6.07, 6.45) is 2.78. The first-order chi connectivity index (χ1) is 10.9. The third-order valence-corrected chi connectivity index (χ3v) is 5.42. The molecule has 0 radical (unpaired) electrons. The molecule has 4 nitrogen and oxygen atoms in total. The highest BCUT2D eigenvalue weighted by Gasteiger charge is 2.32. The molecular weight excluding hydrogens is 290 g/mol. The Bertz CT molecular complexity index is 533. The van der Waals surface area contributed by atoms with Crippen LogP contribution in [0.15, 0.2) is 12.1 Å². The van der Waals surface area contributed by atoms with Gasteiger partial charge >= 0.3 is 0 Å². The summed E-state index contributed by atoms with van der Waals surface area (Å²) in [7, 11) is 0. The van der Waals surface area contributed by atoms with Crippen LogP contribution in [0.5, 0.6) is 5.75 Å². The fourth-order valence-electron chi connectivity index (χ4n) is 3.23. The number of carbonyl (C=O) groups excluding carboxylic acids is 1. The van der Waals surface area contributed by atoms with Gasteiger partial charge in [0.1, 0.15) is 5.75 Å². The van der Waals surface area contributed by atoms with Crippen molar-refractivity contribution in [2.75, 3.05) is 13.2 Å². The van der Waals surface area contributed by atoms with Gasteiger partial charge in [-0.3, -0.25) is 4.79 Å². The molecule has 1 unspecified atom stereocenters. The number of aliphatic hydroxyl groups is 1. The number of hydrogen-bond donors (Lipinski definition) is 2. The lowest BCUT2D eigenvalue weighted by Gasteiger charge is -2.31. The molecule has 1 amide bonds. The Morgan fingerprint density at radius 3 is 2.57 bits per heavy atom. The van der Waals surface area contributed by atoms with Crippen molar-refractivity contribution < 1.29 is 14.6 Å². The summed E-state index contributed by atoms with van der Waals surface area (Å²) < 4.78 is 5.84. The van der Waals surface area contributed by atoms with Crippen molar-refractivity contribution in [1.82, 2.24) is 5.32 Å². The van der Waals surface area contributed by atoms with Gasteiger partial charge in [0, 0.05) is 19.6 Å². The monoisotopic (exact) mass is 319 g/mol. The van der Waals surface area contributed by atoms with Gasteiger partial charge in [0.15, 0.2) is 6.10 Å². The van der Waals surface area contributed by atoms with Gasteiger partial charge in [-0.15, -0.1) is 0 Å². The van der Waals surface area contributed by atoms with Gasteiger partial charge in [0.05, 0.1) is 0 Å². The van der Waals surface area contributed by atoms with Crippen molar-refractivity contribution in [2.45, 2.75) is 59.5 Å². The molecule has 0 aliphatic carbocycles. The number of ether oxygens (including phenoxy) is 1. The third-order valence-electron chi connectivity index (χ3n) is 5.42. The Morgan fingerprint density at radius 2 is 1.96 bits per heavy atom. The highest BCUT2D eigenvalue weighted by molar-refractivity contribution is 5.82. The first-order valence-corrected chi connectivity index (χ1v) is 8.60. The largest absolute Gasteiger partial charge is 0.480 e. The van der Waals surface area contributed by atoms with Crippen molar-refractivity contribution in [3.05, 3.63) is 28.8 Å². The maximum Gasteiger partial charge on any atom is 0.261 e. The Labute approximate surface area is 139 Å². The zero-order valence-corrected chi connectivity index (χ0v) is 14.7. The zero-order valence-electron chi connectivity index (χ0n) is 14.7. The highest BCUT2D eigenvalue weighted by atomic mass is 16.5. The van der Waals surface area contributed by atoms with E-state index in [0.717, 1.165) is 24.2 Å². The van der Waals surface area contributed by atoms with Crippen molar-refractivity contribution in [3.63, 3.8) is 0 Å². The summed E-state index contributed by atoms with van der Waals surface area (Å²) in [5.74, 6) is 0.779. The van der Waals surface area contributed by atoms with Crippen molar-refractivity contribution in [1.29, 1.82) is 0 Å². The van der Waals surface area contributed by atoms with E-state index < -0.39 is 6.10 Å². The molecule has 0 fully saturated rings. The topological polar surface area (TPSA) is 58.6 Å². The maximum atomic E-state index is 12.5. The molecule has 1 heterocycles. The minimum absolute atomic E-state index is 0.0248. The summed E-state index contributed by atoms with van der Waals surface area (Å²) >= 11 is 0. The van der Waals surface area contributed by atoms with Crippen LogP contribution < -0.4 is 10.1 Å². The zero-order chi connectivity index (χ0) is 17.0. The normalized spacial score (nSPS) is 16.8. The van der Waals surface area contributed by atoms with Crippen LogP contribution in [0.1, 0.15) is 49.8 Å². The molecule has 0 bridgehead atoms. The van der Waals surface area contributed by atoms with E-state index in [-0.39, 0.29) is 17.9 Å². The molecule has 0 aromatic heterocycles. The van der Waals surface area contributed by atoms with Gasteiger partial charge in [-0.25, -0.2) is 0 Å². The molecule has 23 heavy (non-hydrogen) atoms. The summed E-state index contributed by atoms with van der Waals surface area (Å²) in [6.45, 7) is 9.10. The van der Waals surface area contributed by atoms with Crippen LogP contribution in [-0.4, -0.2) is 30.3 Å². The molecule has 0 saturated carbocycles. The lowest BCUT2D eigenvalue weighted by molar-refractivity contribution is -0.127. The van der Waals surface area contributed by atoms with Gasteiger partial charge < -0.3 is 15.2 Å². The highest BCUT2D eigenvalue weighted by Crippen LogP contribution is 2.32. The first kappa shape index (κ1) is 17.8. The summed E-state index contributed by atoms with van der Waals surface area (Å²) in [6, 6.07) is 4.14. The number of fused-ring (bicyclic) bond motifs is 1. The fraction of sp³-hybridized carbons (Fsp3) is 0.632. The number of hydrogen-bond acceptors (Lipinski definition) is 3. The van der Waals surface area contributed by atoms with E-state index in [2.05, 4.69) is 39.1 Å². The number of aryl methyl sites for hydroxylation is 2. The lowest BCUT2D eigenvalue weighted by Crippen LogP contribution is -2.43. The molecule has 128 valence electrons. The lowest BCUT2D eigenvalue weighted by atomic mass is 9.79. The average Bonchev–Trinajstić information content (AvgIpc) is 2.94. The van der Waals surface area contributed by atoms with Gasteiger partial charge in [0.2, 0.25) is 0 Å². The predicted octanol–water partition coefficient (Wildman–Crippen LogP) is 2.91. The van der Waals surface area contributed by atoms with Crippen LogP contribution in [0, 0.1) is 19.3 Å². The molecule has 1 aliphatic rings. The Morgan fingerprint density at radius 1 is 1.30 bits per heavy atom. The molecule has 0 saturated heterocycles. The van der Waals surface area contributed by atoms with Crippen molar-refractivity contribution in [2.24, 2.45) is 5.41 Å². The van der Waals surface area contributed by atoms with E-state index in [1.165, 1.54) is 11.1 Å². The number of benzene rings is 1. The molecule has 1 aromatic rings. The minimum atomic E-state index is -0.438. The van der Waals surface area contributed by atoms with E-state index in [1.54, 1.807) is 0 Å². The number of aliphatic hydroxyl groups excluding tert-OH is 1. The Hall–Kier alpha value is -1.55. The summed E-state index contributed by atoms with van der Waals surface area (Å²) in [4.78, 5) is 12.5. The molecule has 1 aromatic carbocycles. The third kappa shape index (κ3) is 3.86. The SMILES string of the molecule is CCC(CC)(CCO)CNC(=O)C1Cc2cc(C)c(C)cc2O1. The quantitative estimate of drug-likeness (QED) is 0.812. The number of rotatable bonds is 7. The molecular formula is C19H29NO3. The van der Waals surface area contributed by atoms with Gasteiger partial charge in [-0.05, 0) is 61.3 Å². The van der Waals surface area contributed by atoms with Crippen LogP contribution in [0.4, 0.5) is 0 Å². The standard InChI is InChI=1S/C19H29NO3/c1-5-19(6-2,7-8-21)12-20-18(22)17-11-15-9-13(3)14(4)10-16(15)23-17/h9-10,17,21H,5-8,11-12H2,1-4H3,(H,20,22). The maximum absolute atomic E-state index is 12.5. The second kappa shape index (κ2) is 7.35. The molecule has 1 aliphatic heterocycles. The molecule has 2 rings (SSSR count). The van der Waals surface area contributed by atoms with Crippen molar-refractivity contribution in [3.8, 4) is 5.75 Å². The molecule has 2 N–H and O–H groups in total. The summed E-state index contributed by atoms with van der Waals surface area (Å²) in [5, 5.41) is 12.3. The Kier molecular flexibility index (Phi) is 5.69. The minimum Gasteiger partial charge on any atom is -0.480 e. The number of amides is 1. The number of nitrogens with one attached hydrogen (secondary N) is 1. The predicted molar refractivity (Wildman–Crippen MR) is 91.8 cm³/mol. The van der Waals surface area contributed by atoms with E-state index in [4.69, 9.17) is 4.74 Å².